The van der Waals surface area contributed by atoms with Crippen molar-refractivity contribution in [2.24, 2.45) is 0 Å². The molecule has 0 fully saturated rings. The van der Waals surface area contributed by atoms with Crippen LogP contribution >= 0.6 is 11.6 Å². The van der Waals surface area contributed by atoms with Crippen LogP contribution in [-0.4, -0.2) is 30.9 Å². The van der Waals surface area contributed by atoms with Crippen molar-refractivity contribution in [2.75, 3.05) is 19.7 Å². The van der Waals surface area contributed by atoms with Crippen LogP contribution in [0.25, 0.3) is 0 Å². The first kappa shape index (κ1) is 12.9. The highest BCUT2D eigenvalue weighted by atomic mass is 35.5. The Kier molecular flexibility index (Phi) is 5.73. The summed E-state index contributed by atoms with van der Waals surface area (Å²) in [4.78, 5) is 0. The lowest BCUT2D eigenvalue weighted by Crippen LogP contribution is -2.31. The van der Waals surface area contributed by atoms with Gasteiger partial charge in [-0.1, -0.05) is 17.5 Å². The van der Waals surface area contributed by atoms with Gasteiger partial charge >= 0.3 is 0 Å². The molecule has 0 aliphatic rings. The molecule has 0 amide bonds. The second-order valence-electron chi connectivity index (χ2n) is 3.25. The molecule has 3 nitrogen and oxygen atoms in total. The molecule has 1 aromatic carbocycles. The molecule has 0 aromatic heterocycles. The molecule has 0 aliphatic heterocycles. The minimum atomic E-state index is -0.580. The van der Waals surface area contributed by atoms with Crippen LogP contribution in [0.5, 0.6) is 5.75 Å². The van der Waals surface area contributed by atoms with E-state index in [1.165, 1.54) is 0 Å². The highest BCUT2D eigenvalue weighted by Gasteiger charge is 2.04. The second-order valence-corrected chi connectivity index (χ2v) is 3.69. The third-order valence-corrected chi connectivity index (χ3v) is 2.12. The van der Waals surface area contributed by atoms with E-state index in [0.29, 0.717) is 23.9 Å². The zero-order valence-corrected chi connectivity index (χ0v) is 9.57. The highest BCUT2D eigenvalue weighted by Crippen LogP contribution is 2.15. The third-order valence-electron chi connectivity index (χ3n) is 1.86. The fourth-order valence-corrected chi connectivity index (χ4v) is 1.22. The van der Waals surface area contributed by atoms with Crippen molar-refractivity contribution in [2.45, 2.75) is 6.10 Å². The topological polar surface area (TPSA) is 41.5 Å². The van der Waals surface area contributed by atoms with E-state index in [4.69, 9.17) is 22.8 Å². The largest absolute Gasteiger partial charge is 0.491 e. The van der Waals surface area contributed by atoms with Gasteiger partial charge in [0.05, 0.1) is 6.54 Å². The van der Waals surface area contributed by atoms with Gasteiger partial charge in [0.1, 0.15) is 18.5 Å². The van der Waals surface area contributed by atoms with Gasteiger partial charge in [-0.2, -0.15) is 0 Å². The summed E-state index contributed by atoms with van der Waals surface area (Å²) in [5.74, 6) is 3.11. The maximum Gasteiger partial charge on any atom is 0.119 e. The number of benzene rings is 1. The van der Waals surface area contributed by atoms with Crippen LogP contribution in [-0.2, 0) is 0 Å². The SMILES string of the molecule is C#CCNCC(O)COc1ccc(Cl)cc1. The van der Waals surface area contributed by atoms with E-state index in [2.05, 4.69) is 11.2 Å². The summed E-state index contributed by atoms with van der Waals surface area (Å²) in [5.41, 5.74) is 0. The highest BCUT2D eigenvalue weighted by molar-refractivity contribution is 6.30. The van der Waals surface area contributed by atoms with Gasteiger partial charge in [-0.05, 0) is 24.3 Å². The molecule has 0 spiro atoms. The van der Waals surface area contributed by atoms with Gasteiger partial charge in [0.2, 0.25) is 0 Å². The molecule has 0 heterocycles. The molecule has 16 heavy (non-hydrogen) atoms. The Balaban J connectivity index is 2.23. The van der Waals surface area contributed by atoms with Crippen LogP contribution in [0.2, 0.25) is 5.02 Å². The summed E-state index contributed by atoms with van der Waals surface area (Å²) in [5, 5.41) is 13.1. The van der Waals surface area contributed by atoms with Gasteiger partial charge in [0.25, 0.3) is 0 Å². The van der Waals surface area contributed by atoms with Gasteiger partial charge in [-0.15, -0.1) is 6.42 Å². The number of hydrogen-bond donors (Lipinski definition) is 2. The normalized spacial score (nSPS) is 11.8. The summed E-state index contributed by atoms with van der Waals surface area (Å²) in [6.07, 6.45) is 4.48. The average molecular weight is 240 g/mol. The van der Waals surface area contributed by atoms with Crippen molar-refractivity contribution >= 4 is 11.6 Å². The summed E-state index contributed by atoms with van der Waals surface area (Å²) < 4.78 is 5.35. The van der Waals surface area contributed by atoms with Crippen molar-refractivity contribution in [3.8, 4) is 18.1 Å². The molecule has 0 saturated carbocycles. The summed E-state index contributed by atoms with van der Waals surface area (Å²) in [6.45, 7) is 1.08. The Labute approximate surface area is 100 Å². The Morgan fingerprint density at radius 1 is 1.44 bits per heavy atom. The van der Waals surface area contributed by atoms with E-state index < -0.39 is 6.10 Å². The molecular weight excluding hydrogens is 226 g/mol. The van der Waals surface area contributed by atoms with E-state index in [0.717, 1.165) is 0 Å². The van der Waals surface area contributed by atoms with Crippen molar-refractivity contribution in [1.82, 2.24) is 5.32 Å². The number of hydrogen-bond acceptors (Lipinski definition) is 3. The maximum absolute atomic E-state index is 9.51. The fraction of sp³-hybridized carbons (Fsp3) is 0.333. The van der Waals surface area contributed by atoms with Gasteiger partial charge < -0.3 is 15.2 Å². The molecular formula is C12H14ClNO2. The molecule has 1 aromatic rings. The number of halogens is 1. The van der Waals surface area contributed by atoms with Gasteiger partial charge in [0.15, 0.2) is 0 Å². The third kappa shape index (κ3) is 5.04. The van der Waals surface area contributed by atoms with Crippen molar-refractivity contribution in [1.29, 1.82) is 0 Å². The zero-order chi connectivity index (χ0) is 11.8. The minimum absolute atomic E-state index is 0.221. The van der Waals surface area contributed by atoms with Crippen molar-refractivity contribution in [3.63, 3.8) is 0 Å². The predicted molar refractivity (Wildman–Crippen MR) is 64.7 cm³/mol. The number of rotatable bonds is 6. The zero-order valence-electron chi connectivity index (χ0n) is 8.82. The molecule has 1 rings (SSSR count). The first-order chi connectivity index (χ1) is 7.72. The van der Waals surface area contributed by atoms with E-state index >= 15 is 0 Å². The Hall–Kier alpha value is -1.21. The van der Waals surface area contributed by atoms with Crippen LogP contribution in [0.3, 0.4) is 0 Å². The monoisotopic (exact) mass is 239 g/mol. The Morgan fingerprint density at radius 2 is 2.12 bits per heavy atom. The predicted octanol–water partition coefficient (Wildman–Crippen LogP) is 1.30. The quantitative estimate of drug-likeness (QED) is 0.581. The van der Waals surface area contributed by atoms with Crippen LogP contribution in [0, 0.1) is 12.3 Å². The lowest BCUT2D eigenvalue weighted by Gasteiger charge is -2.12. The minimum Gasteiger partial charge on any atom is -0.491 e. The molecule has 2 N–H and O–H groups in total. The standard InChI is InChI=1S/C12H14ClNO2/c1-2-7-14-8-11(15)9-16-12-5-3-10(13)4-6-12/h1,3-6,11,14-15H,7-9H2. The molecule has 0 aliphatic carbocycles. The van der Waals surface area contributed by atoms with Crippen molar-refractivity contribution in [3.05, 3.63) is 29.3 Å². The number of ether oxygens (including phenoxy) is 1. The van der Waals surface area contributed by atoms with Crippen LogP contribution in [0.15, 0.2) is 24.3 Å². The van der Waals surface area contributed by atoms with Gasteiger partial charge in [0, 0.05) is 11.6 Å². The maximum atomic E-state index is 9.51. The molecule has 86 valence electrons. The first-order valence-corrected chi connectivity index (χ1v) is 5.31. The number of aliphatic hydroxyl groups is 1. The number of aliphatic hydroxyl groups excluding tert-OH is 1. The van der Waals surface area contributed by atoms with Crippen molar-refractivity contribution < 1.29 is 9.84 Å². The number of terminal acetylenes is 1. The molecule has 0 radical (unpaired) electrons. The van der Waals surface area contributed by atoms with E-state index in [1.807, 2.05) is 0 Å². The number of nitrogens with one attached hydrogen (secondary N) is 1. The van der Waals surface area contributed by atoms with E-state index in [9.17, 15) is 5.11 Å². The molecule has 0 bridgehead atoms. The van der Waals surface area contributed by atoms with E-state index in [1.54, 1.807) is 24.3 Å². The van der Waals surface area contributed by atoms with Crippen LogP contribution in [0.4, 0.5) is 0 Å². The Morgan fingerprint density at radius 3 is 2.75 bits per heavy atom. The Bertz CT molecular complexity index is 345. The summed E-state index contributed by atoms with van der Waals surface area (Å²) in [7, 11) is 0. The molecule has 1 atom stereocenters. The first-order valence-electron chi connectivity index (χ1n) is 4.93. The summed E-state index contributed by atoms with van der Waals surface area (Å²) >= 11 is 5.73. The lowest BCUT2D eigenvalue weighted by atomic mass is 10.3. The smallest absolute Gasteiger partial charge is 0.119 e. The van der Waals surface area contributed by atoms with Gasteiger partial charge in [-0.25, -0.2) is 0 Å². The lowest BCUT2D eigenvalue weighted by molar-refractivity contribution is 0.107. The molecule has 1 unspecified atom stereocenters. The fourth-order valence-electron chi connectivity index (χ4n) is 1.09. The summed E-state index contributed by atoms with van der Waals surface area (Å²) in [6, 6.07) is 6.98. The molecule has 4 heteroatoms. The van der Waals surface area contributed by atoms with Gasteiger partial charge in [-0.3, -0.25) is 0 Å². The molecule has 0 saturated heterocycles. The van der Waals surface area contributed by atoms with Crippen LogP contribution in [0.1, 0.15) is 0 Å². The second kappa shape index (κ2) is 7.13. The average Bonchev–Trinajstić information content (AvgIpc) is 2.29. The van der Waals surface area contributed by atoms with E-state index in [-0.39, 0.29) is 6.61 Å². The van der Waals surface area contributed by atoms with Crippen LogP contribution < -0.4 is 10.1 Å².